The van der Waals surface area contributed by atoms with Crippen molar-refractivity contribution in [1.29, 1.82) is 0 Å². The molecule has 1 aromatic heterocycles. The van der Waals surface area contributed by atoms with Gasteiger partial charge in [0, 0.05) is 25.6 Å². The molecule has 3 rings (SSSR count). The molecule has 24 heavy (non-hydrogen) atoms. The first kappa shape index (κ1) is 16.9. The van der Waals surface area contributed by atoms with Crippen molar-refractivity contribution < 1.29 is 22.5 Å². The molecule has 9 heteroatoms. The molecule has 0 saturated carbocycles. The highest BCUT2D eigenvalue weighted by Gasteiger charge is 2.49. The molecule has 0 unspecified atom stereocenters. The minimum atomic E-state index is -3.29. The van der Waals surface area contributed by atoms with Gasteiger partial charge in [-0.3, -0.25) is 9.59 Å². The Kier molecular flexibility index (Phi) is 4.37. The number of carbonyl (C=O) groups excluding carboxylic acids is 2. The maximum atomic E-state index is 12.6. The van der Waals surface area contributed by atoms with Gasteiger partial charge in [-0.1, -0.05) is 19.0 Å². The summed E-state index contributed by atoms with van der Waals surface area (Å²) in [7, 11) is -3.29. The van der Waals surface area contributed by atoms with Crippen molar-refractivity contribution >= 4 is 21.7 Å². The fraction of sp³-hybridized carbons (Fsp3) is 0.667. The number of hydrogen-bond donors (Lipinski definition) is 0. The van der Waals surface area contributed by atoms with Crippen LogP contribution in [-0.2, 0) is 14.6 Å². The first-order valence-corrected chi connectivity index (χ1v) is 9.82. The third kappa shape index (κ3) is 3.17. The van der Waals surface area contributed by atoms with Crippen molar-refractivity contribution in [2.24, 2.45) is 5.92 Å². The molecular weight excluding hydrogens is 334 g/mol. The number of nitrogens with zero attached hydrogens (tertiary/aromatic N) is 3. The first-order chi connectivity index (χ1) is 11.3. The number of carbonyl (C=O) groups is 2. The molecule has 132 valence electrons. The Bertz CT molecular complexity index is 728. The minimum Gasteiger partial charge on any atom is -0.364 e. The summed E-state index contributed by atoms with van der Waals surface area (Å²) in [5, 5.41) is 3.64. The van der Waals surface area contributed by atoms with Gasteiger partial charge in [0.15, 0.2) is 15.5 Å². The fourth-order valence-corrected chi connectivity index (χ4v) is 5.43. The van der Waals surface area contributed by atoms with Crippen molar-refractivity contribution in [3.05, 3.63) is 18.0 Å². The number of aromatic nitrogens is 1. The third-order valence-corrected chi connectivity index (χ3v) is 6.20. The van der Waals surface area contributed by atoms with Crippen LogP contribution in [0.3, 0.4) is 0 Å². The summed E-state index contributed by atoms with van der Waals surface area (Å²) in [5.74, 6) is -0.419. The molecule has 1 aromatic rings. The molecule has 0 spiro atoms. The Morgan fingerprint density at radius 2 is 1.88 bits per heavy atom. The van der Waals surface area contributed by atoms with E-state index < -0.39 is 21.9 Å². The summed E-state index contributed by atoms with van der Waals surface area (Å²) in [6, 6.07) is 0.451. The fourth-order valence-electron chi connectivity index (χ4n) is 3.45. The minimum absolute atomic E-state index is 0.0503. The van der Waals surface area contributed by atoms with Crippen LogP contribution in [0.15, 0.2) is 16.9 Å². The smallest absolute Gasteiger partial charge is 0.276 e. The lowest BCUT2D eigenvalue weighted by atomic mass is 10.0. The number of fused-ring (bicyclic) bond motifs is 1. The highest BCUT2D eigenvalue weighted by atomic mass is 32.2. The van der Waals surface area contributed by atoms with E-state index in [1.807, 2.05) is 13.8 Å². The molecule has 0 aliphatic carbocycles. The van der Waals surface area contributed by atoms with Crippen molar-refractivity contribution in [3.63, 3.8) is 0 Å². The van der Waals surface area contributed by atoms with Gasteiger partial charge in [-0.05, 0) is 5.92 Å². The summed E-state index contributed by atoms with van der Waals surface area (Å²) < 4.78 is 29.0. The van der Waals surface area contributed by atoms with Gasteiger partial charge in [-0.25, -0.2) is 8.42 Å². The molecule has 0 aromatic carbocycles. The standard InChI is InChI=1S/C15H21N3O5S/c1-10(2)7-14(19)17-4-5-18(15(20)11-3-6-23-16-11)13-9-24(21,22)8-12(13)17/h3,6,10,12-13H,4-5,7-9H2,1-2H3/t12-,13+/m0/s1. The molecular formula is C15H21N3O5S. The van der Waals surface area contributed by atoms with E-state index in [0.29, 0.717) is 19.5 Å². The SMILES string of the molecule is CC(C)CC(=O)N1CCN(C(=O)c2ccon2)[C@@H]2CS(=O)(=O)C[C@@H]21. The molecule has 8 nitrogen and oxygen atoms in total. The van der Waals surface area contributed by atoms with Crippen LogP contribution in [0.4, 0.5) is 0 Å². The largest absolute Gasteiger partial charge is 0.364 e. The van der Waals surface area contributed by atoms with Crippen LogP contribution >= 0.6 is 0 Å². The van der Waals surface area contributed by atoms with E-state index in [-0.39, 0.29) is 34.9 Å². The molecule has 2 amide bonds. The lowest BCUT2D eigenvalue weighted by molar-refractivity contribution is -0.137. The average molecular weight is 355 g/mol. The quantitative estimate of drug-likeness (QED) is 0.766. The van der Waals surface area contributed by atoms with Crippen LogP contribution in [-0.4, -0.2) is 71.9 Å². The Morgan fingerprint density at radius 1 is 1.25 bits per heavy atom. The second-order valence-corrected chi connectivity index (χ2v) is 8.93. The van der Waals surface area contributed by atoms with Gasteiger partial charge >= 0.3 is 0 Å². The second-order valence-electron chi connectivity index (χ2n) is 6.78. The Labute approximate surface area is 140 Å². The van der Waals surface area contributed by atoms with Crippen LogP contribution in [0.1, 0.15) is 30.8 Å². The van der Waals surface area contributed by atoms with E-state index in [9.17, 15) is 18.0 Å². The van der Waals surface area contributed by atoms with Gasteiger partial charge in [-0.15, -0.1) is 0 Å². The number of sulfone groups is 1. The zero-order chi connectivity index (χ0) is 17.5. The van der Waals surface area contributed by atoms with Crippen molar-refractivity contribution in [1.82, 2.24) is 15.0 Å². The number of rotatable bonds is 3. The number of amides is 2. The highest BCUT2D eigenvalue weighted by molar-refractivity contribution is 7.91. The molecule has 0 N–H and O–H groups in total. The Hall–Kier alpha value is -1.90. The van der Waals surface area contributed by atoms with Gasteiger partial charge < -0.3 is 14.3 Å². The maximum Gasteiger partial charge on any atom is 0.276 e. The van der Waals surface area contributed by atoms with E-state index in [2.05, 4.69) is 5.16 Å². The molecule has 0 radical (unpaired) electrons. The van der Waals surface area contributed by atoms with Gasteiger partial charge in [0.2, 0.25) is 5.91 Å². The second kappa shape index (κ2) is 6.19. The van der Waals surface area contributed by atoms with E-state index in [1.54, 1.807) is 4.90 Å². The monoisotopic (exact) mass is 355 g/mol. The van der Waals surface area contributed by atoms with Crippen LogP contribution in [0.2, 0.25) is 0 Å². The van der Waals surface area contributed by atoms with E-state index in [4.69, 9.17) is 4.52 Å². The number of hydrogen-bond acceptors (Lipinski definition) is 6. The predicted octanol–water partition coefficient (Wildman–Crippen LogP) is 0.171. The average Bonchev–Trinajstić information content (AvgIpc) is 3.10. The zero-order valence-corrected chi connectivity index (χ0v) is 14.5. The van der Waals surface area contributed by atoms with E-state index >= 15 is 0 Å². The van der Waals surface area contributed by atoms with E-state index in [0.717, 1.165) is 0 Å². The van der Waals surface area contributed by atoms with Crippen LogP contribution in [0.5, 0.6) is 0 Å². The number of piperazine rings is 1. The topological polar surface area (TPSA) is 101 Å². The van der Waals surface area contributed by atoms with E-state index in [1.165, 1.54) is 17.2 Å². The summed E-state index contributed by atoms with van der Waals surface area (Å²) >= 11 is 0. The molecule has 2 saturated heterocycles. The van der Waals surface area contributed by atoms with Crippen LogP contribution in [0, 0.1) is 5.92 Å². The normalized spacial score (nSPS) is 25.8. The Balaban J connectivity index is 1.85. The summed E-state index contributed by atoms with van der Waals surface area (Å²) in [4.78, 5) is 28.2. The molecule has 0 bridgehead atoms. The predicted molar refractivity (Wildman–Crippen MR) is 84.9 cm³/mol. The van der Waals surface area contributed by atoms with Crippen LogP contribution in [0.25, 0.3) is 0 Å². The summed E-state index contributed by atoms with van der Waals surface area (Å²) in [5.41, 5.74) is 0.153. The lowest BCUT2D eigenvalue weighted by Gasteiger charge is -2.43. The van der Waals surface area contributed by atoms with Gasteiger partial charge in [-0.2, -0.15) is 0 Å². The van der Waals surface area contributed by atoms with Gasteiger partial charge in [0.25, 0.3) is 5.91 Å². The van der Waals surface area contributed by atoms with Gasteiger partial charge in [0.1, 0.15) is 6.26 Å². The molecule has 2 atom stereocenters. The van der Waals surface area contributed by atoms with Crippen molar-refractivity contribution in [3.8, 4) is 0 Å². The van der Waals surface area contributed by atoms with Crippen LogP contribution < -0.4 is 0 Å². The molecule has 2 aliphatic rings. The molecule has 2 fully saturated rings. The molecule has 2 aliphatic heterocycles. The first-order valence-electron chi connectivity index (χ1n) is 8.00. The third-order valence-electron chi connectivity index (χ3n) is 4.50. The molecule has 3 heterocycles. The lowest BCUT2D eigenvalue weighted by Crippen LogP contribution is -2.62. The maximum absolute atomic E-state index is 12.6. The zero-order valence-electron chi connectivity index (χ0n) is 13.7. The van der Waals surface area contributed by atoms with Crippen molar-refractivity contribution in [2.45, 2.75) is 32.4 Å². The van der Waals surface area contributed by atoms with Gasteiger partial charge in [0.05, 0.1) is 23.6 Å². The summed E-state index contributed by atoms with van der Waals surface area (Å²) in [6.07, 6.45) is 1.68. The Morgan fingerprint density at radius 3 is 2.46 bits per heavy atom. The van der Waals surface area contributed by atoms with Crippen molar-refractivity contribution in [2.75, 3.05) is 24.6 Å². The highest BCUT2D eigenvalue weighted by Crippen LogP contribution is 2.29. The summed E-state index contributed by atoms with van der Waals surface area (Å²) in [6.45, 7) is 4.54.